The number of aromatic nitrogens is 1. The van der Waals surface area contributed by atoms with E-state index in [1.165, 1.54) is 6.07 Å². The van der Waals surface area contributed by atoms with E-state index in [9.17, 15) is 31.9 Å². The number of anilines is 1. The van der Waals surface area contributed by atoms with Crippen molar-refractivity contribution in [2.45, 2.75) is 18.6 Å². The van der Waals surface area contributed by atoms with E-state index in [-0.39, 0.29) is 11.1 Å². The summed E-state index contributed by atoms with van der Waals surface area (Å²) < 4.78 is 52.2. The van der Waals surface area contributed by atoms with Crippen molar-refractivity contribution in [3.8, 4) is 0 Å². The van der Waals surface area contributed by atoms with Gasteiger partial charge < -0.3 is 15.3 Å². The molecule has 172 valence electrons. The molecule has 1 aliphatic rings. The van der Waals surface area contributed by atoms with Crippen LogP contribution in [-0.2, 0) is 15.8 Å². The first-order chi connectivity index (χ1) is 15.1. The van der Waals surface area contributed by atoms with E-state index in [4.69, 9.17) is 5.11 Å². The molecule has 0 spiro atoms. The number of Topliss-reactive ketones (excluding diaryl/α,β-unsaturated/α-hetero) is 1. The molecule has 1 aliphatic heterocycles. The van der Waals surface area contributed by atoms with Crippen molar-refractivity contribution in [2.24, 2.45) is 0 Å². The molecule has 0 saturated carbocycles. The third-order valence-corrected chi connectivity index (χ3v) is 5.89. The van der Waals surface area contributed by atoms with Crippen LogP contribution in [-0.4, -0.2) is 65.1 Å². The fourth-order valence-electron chi connectivity index (χ4n) is 3.40. The number of carbonyl (C=O) groups excluding carboxylic acids is 2. The summed E-state index contributed by atoms with van der Waals surface area (Å²) in [7, 11) is 0. The van der Waals surface area contributed by atoms with Gasteiger partial charge in [0.2, 0.25) is 0 Å². The number of alkyl halides is 4. The average molecular weight is 473 g/mol. The van der Waals surface area contributed by atoms with Crippen LogP contribution in [0.4, 0.5) is 23.2 Å². The number of nitrogens with zero attached hydrogens (tertiary/aromatic N) is 2. The van der Waals surface area contributed by atoms with Gasteiger partial charge in [-0.05, 0) is 12.1 Å². The molecule has 0 radical (unpaired) electrons. The Kier molecular flexibility index (Phi) is 7.22. The molecule has 2 heterocycles. The number of ketones is 1. The minimum Gasteiger partial charge on any atom is -0.481 e. The zero-order valence-electron chi connectivity index (χ0n) is 16.6. The van der Waals surface area contributed by atoms with Crippen molar-refractivity contribution in [3.05, 3.63) is 35.5 Å². The van der Waals surface area contributed by atoms with Gasteiger partial charge in [-0.3, -0.25) is 19.4 Å². The number of benzene rings is 1. The lowest BCUT2D eigenvalue weighted by Crippen LogP contribution is -2.44. The zero-order valence-corrected chi connectivity index (χ0v) is 17.4. The minimum absolute atomic E-state index is 0.0338. The van der Waals surface area contributed by atoms with Crippen molar-refractivity contribution in [2.75, 3.05) is 36.2 Å². The van der Waals surface area contributed by atoms with Gasteiger partial charge in [-0.25, -0.2) is 4.39 Å². The highest BCUT2D eigenvalue weighted by Gasteiger charge is 2.32. The van der Waals surface area contributed by atoms with E-state index in [0.717, 1.165) is 29.8 Å². The fourth-order valence-corrected chi connectivity index (χ4v) is 4.30. The molecule has 1 saturated heterocycles. The number of halogens is 4. The first-order valence-electron chi connectivity index (χ1n) is 9.55. The fraction of sp³-hybridized carbons (Fsp3) is 0.400. The van der Waals surface area contributed by atoms with E-state index in [0.29, 0.717) is 24.2 Å². The summed E-state index contributed by atoms with van der Waals surface area (Å²) >= 11 is 1.68. The molecule has 3 rings (SSSR count). The van der Waals surface area contributed by atoms with Crippen molar-refractivity contribution < 1.29 is 37.1 Å². The van der Waals surface area contributed by atoms with Crippen molar-refractivity contribution >= 4 is 46.0 Å². The SMILES string of the molecule is O=C(O)CC(NC(=O)c1cnc2cc(C(F)(F)F)ccc2c1N1CCSCC1)C(=O)CF. The largest absolute Gasteiger partial charge is 0.481 e. The van der Waals surface area contributed by atoms with Gasteiger partial charge in [0, 0.05) is 36.2 Å². The summed E-state index contributed by atoms with van der Waals surface area (Å²) in [5.41, 5.74) is -0.550. The predicted octanol–water partition coefficient (Wildman–Crippen LogP) is 2.92. The second-order valence-electron chi connectivity index (χ2n) is 7.07. The number of thioether (sulfide) groups is 1. The molecule has 0 aliphatic carbocycles. The molecule has 2 aromatic rings. The number of hydrogen-bond donors (Lipinski definition) is 2. The van der Waals surface area contributed by atoms with Crippen LogP contribution in [0.25, 0.3) is 10.9 Å². The molecule has 1 unspecified atom stereocenters. The summed E-state index contributed by atoms with van der Waals surface area (Å²) in [4.78, 5) is 41.6. The van der Waals surface area contributed by atoms with Crippen LogP contribution < -0.4 is 10.2 Å². The number of carbonyl (C=O) groups is 3. The molecule has 1 atom stereocenters. The second-order valence-corrected chi connectivity index (χ2v) is 8.30. The first-order valence-corrected chi connectivity index (χ1v) is 10.7. The highest BCUT2D eigenvalue weighted by Crippen LogP contribution is 2.36. The number of aliphatic carboxylic acids is 1. The first kappa shape index (κ1) is 23.8. The van der Waals surface area contributed by atoms with Crippen molar-refractivity contribution in [3.63, 3.8) is 0 Å². The average Bonchev–Trinajstić information content (AvgIpc) is 2.76. The molecule has 1 aromatic carbocycles. The van der Waals surface area contributed by atoms with E-state index < -0.39 is 48.5 Å². The highest BCUT2D eigenvalue weighted by atomic mass is 32.2. The Morgan fingerprint density at radius 2 is 1.91 bits per heavy atom. The molecule has 1 amide bonds. The number of nitrogens with one attached hydrogen (secondary N) is 1. The minimum atomic E-state index is -4.56. The van der Waals surface area contributed by atoms with Gasteiger partial charge in [0.05, 0.1) is 28.8 Å². The zero-order chi connectivity index (χ0) is 23.5. The third kappa shape index (κ3) is 5.29. The standard InChI is InChI=1S/C20H19F4N3O4S/c21-9-16(28)15(8-17(29)30)26-19(31)13-10-25-14-7-11(20(22,23)24)1-2-12(14)18(13)27-3-5-32-6-4-27/h1-2,7,10,15H,3-6,8-9H2,(H,26,31)(H,29,30). The lowest BCUT2D eigenvalue weighted by molar-refractivity contribution is -0.139. The van der Waals surface area contributed by atoms with E-state index in [2.05, 4.69) is 10.3 Å². The predicted molar refractivity (Wildman–Crippen MR) is 111 cm³/mol. The summed E-state index contributed by atoms with van der Waals surface area (Å²) in [5, 5.41) is 11.5. The van der Waals surface area contributed by atoms with Crippen LogP contribution in [0.3, 0.4) is 0 Å². The normalized spacial score (nSPS) is 15.4. The van der Waals surface area contributed by atoms with Gasteiger partial charge in [0.25, 0.3) is 5.91 Å². The van der Waals surface area contributed by atoms with Crippen LogP contribution in [0.2, 0.25) is 0 Å². The third-order valence-electron chi connectivity index (χ3n) is 4.94. The van der Waals surface area contributed by atoms with Crippen LogP contribution in [0, 0.1) is 0 Å². The summed E-state index contributed by atoms with van der Waals surface area (Å²) in [5.74, 6) is -1.90. The van der Waals surface area contributed by atoms with Crippen LogP contribution >= 0.6 is 11.8 Å². The van der Waals surface area contributed by atoms with Gasteiger partial charge in [0.1, 0.15) is 12.7 Å². The summed E-state index contributed by atoms with van der Waals surface area (Å²) in [6.07, 6.45) is -4.28. The van der Waals surface area contributed by atoms with E-state index in [1.54, 1.807) is 11.8 Å². The summed E-state index contributed by atoms with van der Waals surface area (Å²) in [6, 6.07) is 1.44. The summed E-state index contributed by atoms with van der Waals surface area (Å²) in [6.45, 7) is -0.412. The molecule has 32 heavy (non-hydrogen) atoms. The molecule has 1 fully saturated rings. The number of rotatable bonds is 7. The Balaban J connectivity index is 2.07. The maximum Gasteiger partial charge on any atom is 0.416 e. The van der Waals surface area contributed by atoms with Gasteiger partial charge in [0.15, 0.2) is 5.78 Å². The monoisotopic (exact) mass is 473 g/mol. The number of fused-ring (bicyclic) bond motifs is 1. The Labute approximate surface area is 184 Å². The van der Waals surface area contributed by atoms with Gasteiger partial charge in [-0.15, -0.1) is 0 Å². The van der Waals surface area contributed by atoms with E-state index in [1.807, 2.05) is 4.90 Å². The van der Waals surface area contributed by atoms with Crippen LogP contribution in [0.5, 0.6) is 0 Å². The number of hydrogen-bond acceptors (Lipinski definition) is 6. The number of pyridine rings is 1. The molecular formula is C20H19F4N3O4S. The molecule has 12 heteroatoms. The number of carboxylic acid groups (broad SMARTS) is 1. The lowest BCUT2D eigenvalue weighted by Gasteiger charge is -2.31. The van der Waals surface area contributed by atoms with Crippen LogP contribution in [0.15, 0.2) is 24.4 Å². The maximum absolute atomic E-state index is 13.1. The molecule has 0 bridgehead atoms. The van der Waals surface area contributed by atoms with E-state index >= 15 is 0 Å². The smallest absolute Gasteiger partial charge is 0.416 e. The second kappa shape index (κ2) is 9.72. The van der Waals surface area contributed by atoms with Gasteiger partial charge in [-0.2, -0.15) is 24.9 Å². The molecular weight excluding hydrogens is 454 g/mol. The quantitative estimate of drug-likeness (QED) is 0.597. The number of amides is 1. The maximum atomic E-state index is 13.1. The van der Waals surface area contributed by atoms with Crippen LogP contribution in [0.1, 0.15) is 22.3 Å². The number of carboxylic acids is 1. The topological polar surface area (TPSA) is 99.6 Å². The Morgan fingerprint density at radius 3 is 2.50 bits per heavy atom. The molecule has 2 N–H and O–H groups in total. The van der Waals surface area contributed by atoms with Gasteiger partial charge >= 0.3 is 12.1 Å². The molecule has 1 aromatic heterocycles. The Morgan fingerprint density at radius 1 is 1.22 bits per heavy atom. The van der Waals surface area contributed by atoms with Crippen molar-refractivity contribution in [1.82, 2.24) is 10.3 Å². The highest BCUT2D eigenvalue weighted by molar-refractivity contribution is 7.99. The Bertz CT molecular complexity index is 1040. The molecule has 7 nitrogen and oxygen atoms in total. The van der Waals surface area contributed by atoms with Gasteiger partial charge in [-0.1, -0.05) is 6.07 Å². The lowest BCUT2D eigenvalue weighted by atomic mass is 10.0. The Hall–Kier alpha value is -2.89. The van der Waals surface area contributed by atoms with Crippen molar-refractivity contribution in [1.29, 1.82) is 0 Å².